The van der Waals surface area contributed by atoms with E-state index in [2.05, 4.69) is 31.7 Å². The van der Waals surface area contributed by atoms with E-state index in [1.54, 1.807) is 5.57 Å². The van der Waals surface area contributed by atoms with Crippen molar-refractivity contribution in [1.82, 2.24) is 4.90 Å². The molecule has 0 fully saturated rings. The van der Waals surface area contributed by atoms with Gasteiger partial charge in [-0.25, -0.2) is 0 Å². The van der Waals surface area contributed by atoms with Gasteiger partial charge in [0, 0.05) is 6.04 Å². The number of likely N-dealkylation sites (N-methyl/N-ethyl adjacent to an activating group) is 1. The van der Waals surface area contributed by atoms with Crippen LogP contribution in [0, 0.1) is 0 Å². The molecule has 0 saturated carbocycles. The normalized spacial score (nSPS) is 24.4. The van der Waals surface area contributed by atoms with Crippen LogP contribution >= 0.6 is 0 Å². The highest BCUT2D eigenvalue weighted by Gasteiger charge is 2.19. The summed E-state index contributed by atoms with van der Waals surface area (Å²) in [5.41, 5.74) is 1.55. The van der Waals surface area contributed by atoms with E-state index in [9.17, 15) is 0 Å². The Balaban J connectivity index is 2.35. The van der Waals surface area contributed by atoms with Crippen molar-refractivity contribution in [2.45, 2.75) is 33.2 Å². The van der Waals surface area contributed by atoms with Crippen molar-refractivity contribution in [2.75, 3.05) is 13.1 Å². The quantitative estimate of drug-likeness (QED) is 0.541. The second-order valence-electron chi connectivity index (χ2n) is 3.01. The number of rotatable bonds is 3. The van der Waals surface area contributed by atoms with Crippen molar-refractivity contribution in [2.24, 2.45) is 0 Å². The van der Waals surface area contributed by atoms with Gasteiger partial charge in [-0.3, -0.25) is 4.90 Å². The van der Waals surface area contributed by atoms with Gasteiger partial charge < -0.3 is 0 Å². The molecule has 0 amide bonds. The molecule has 0 spiro atoms. The molecule has 0 radical (unpaired) electrons. The Morgan fingerprint density at radius 2 is 2.00 bits per heavy atom. The lowest BCUT2D eigenvalue weighted by molar-refractivity contribution is 0.236. The van der Waals surface area contributed by atoms with Gasteiger partial charge in [-0.15, -0.1) is 0 Å². The van der Waals surface area contributed by atoms with Crippen LogP contribution in [0.1, 0.15) is 27.2 Å². The van der Waals surface area contributed by atoms with Gasteiger partial charge in [0.1, 0.15) is 0 Å². The minimum atomic E-state index is 0.759. The summed E-state index contributed by atoms with van der Waals surface area (Å²) in [4.78, 5) is 2.49. The maximum absolute atomic E-state index is 2.49. The molecule has 0 N–H and O–H groups in total. The Morgan fingerprint density at radius 3 is 2.30 bits per heavy atom. The molecular formula is C9H17N. The van der Waals surface area contributed by atoms with E-state index in [1.165, 1.54) is 19.5 Å². The second kappa shape index (κ2) is 3.20. The van der Waals surface area contributed by atoms with E-state index in [1.807, 2.05) is 0 Å². The maximum Gasteiger partial charge on any atom is 0.0317 e. The summed E-state index contributed by atoms with van der Waals surface area (Å²) in [5.74, 6) is 0. The smallest absolute Gasteiger partial charge is 0.0317 e. The molecule has 1 nitrogen and oxygen atoms in total. The molecule has 0 saturated heterocycles. The van der Waals surface area contributed by atoms with Gasteiger partial charge in [0.25, 0.3) is 0 Å². The summed E-state index contributed by atoms with van der Waals surface area (Å²) in [7, 11) is 0. The van der Waals surface area contributed by atoms with Crippen molar-refractivity contribution >= 4 is 0 Å². The number of hydrogen-bond acceptors (Lipinski definition) is 1. The summed E-state index contributed by atoms with van der Waals surface area (Å²) in [6.45, 7) is 9.03. The molecule has 0 aliphatic heterocycles. The lowest BCUT2D eigenvalue weighted by Gasteiger charge is -2.33. The van der Waals surface area contributed by atoms with Gasteiger partial charge in [-0.2, -0.15) is 0 Å². The minimum Gasteiger partial charge on any atom is -0.297 e. The Morgan fingerprint density at radius 1 is 1.50 bits per heavy atom. The molecule has 0 bridgehead atoms. The summed E-state index contributed by atoms with van der Waals surface area (Å²) >= 11 is 0. The van der Waals surface area contributed by atoms with E-state index in [0.717, 1.165) is 6.04 Å². The van der Waals surface area contributed by atoms with Crippen molar-refractivity contribution in [1.29, 1.82) is 0 Å². The van der Waals surface area contributed by atoms with Crippen LogP contribution in [-0.4, -0.2) is 24.0 Å². The van der Waals surface area contributed by atoms with Crippen LogP contribution in [-0.2, 0) is 0 Å². The fourth-order valence-corrected chi connectivity index (χ4v) is 1.55. The van der Waals surface area contributed by atoms with Crippen LogP contribution in [0.3, 0.4) is 0 Å². The predicted molar refractivity (Wildman–Crippen MR) is 45.1 cm³/mol. The highest BCUT2D eigenvalue weighted by Crippen LogP contribution is 2.22. The SMILES string of the molecule is CCN(CC)C1C=C(C)C1. The zero-order valence-electron chi connectivity index (χ0n) is 7.22. The third-order valence-electron chi connectivity index (χ3n) is 2.29. The highest BCUT2D eigenvalue weighted by atomic mass is 15.1. The molecular weight excluding hydrogens is 122 g/mol. The van der Waals surface area contributed by atoms with Crippen molar-refractivity contribution < 1.29 is 0 Å². The van der Waals surface area contributed by atoms with Gasteiger partial charge in [0.15, 0.2) is 0 Å². The predicted octanol–water partition coefficient (Wildman–Crippen LogP) is 2.05. The molecule has 0 aromatic carbocycles. The van der Waals surface area contributed by atoms with Crippen LogP contribution in [0.5, 0.6) is 0 Å². The summed E-state index contributed by atoms with van der Waals surface area (Å²) in [6.07, 6.45) is 3.66. The van der Waals surface area contributed by atoms with Gasteiger partial charge >= 0.3 is 0 Å². The largest absolute Gasteiger partial charge is 0.297 e. The maximum atomic E-state index is 2.49. The summed E-state index contributed by atoms with van der Waals surface area (Å²) in [5, 5.41) is 0. The molecule has 1 aliphatic carbocycles. The molecule has 1 heteroatoms. The van der Waals surface area contributed by atoms with Crippen molar-refractivity contribution in [3.8, 4) is 0 Å². The van der Waals surface area contributed by atoms with Gasteiger partial charge in [-0.1, -0.05) is 25.5 Å². The summed E-state index contributed by atoms with van der Waals surface area (Å²) < 4.78 is 0. The molecule has 0 aromatic heterocycles. The van der Waals surface area contributed by atoms with Crippen molar-refractivity contribution in [3.63, 3.8) is 0 Å². The zero-order valence-corrected chi connectivity index (χ0v) is 7.22. The fraction of sp³-hybridized carbons (Fsp3) is 0.778. The molecule has 1 atom stereocenters. The van der Waals surface area contributed by atoms with E-state index in [0.29, 0.717) is 0 Å². The first-order chi connectivity index (χ1) is 4.77. The molecule has 0 aromatic rings. The van der Waals surface area contributed by atoms with E-state index >= 15 is 0 Å². The Kier molecular flexibility index (Phi) is 2.50. The second-order valence-corrected chi connectivity index (χ2v) is 3.01. The first-order valence-electron chi connectivity index (χ1n) is 4.19. The van der Waals surface area contributed by atoms with Crippen LogP contribution in [0.2, 0.25) is 0 Å². The van der Waals surface area contributed by atoms with Crippen molar-refractivity contribution in [3.05, 3.63) is 11.6 Å². The van der Waals surface area contributed by atoms with Crippen LogP contribution < -0.4 is 0 Å². The molecule has 58 valence electrons. The molecule has 1 unspecified atom stereocenters. The molecule has 10 heavy (non-hydrogen) atoms. The lowest BCUT2D eigenvalue weighted by atomic mass is 9.93. The Hall–Kier alpha value is -0.300. The van der Waals surface area contributed by atoms with E-state index in [4.69, 9.17) is 0 Å². The minimum absolute atomic E-state index is 0.759. The molecule has 0 heterocycles. The average Bonchev–Trinajstić information content (AvgIpc) is 1.87. The Labute approximate surface area is 63.7 Å². The topological polar surface area (TPSA) is 3.24 Å². The van der Waals surface area contributed by atoms with Gasteiger partial charge in [-0.05, 0) is 26.4 Å². The third-order valence-corrected chi connectivity index (χ3v) is 2.29. The van der Waals surface area contributed by atoms with E-state index in [-0.39, 0.29) is 0 Å². The third kappa shape index (κ3) is 1.40. The highest BCUT2D eigenvalue weighted by molar-refractivity contribution is 5.18. The van der Waals surface area contributed by atoms with E-state index < -0.39 is 0 Å². The monoisotopic (exact) mass is 139 g/mol. The first kappa shape index (κ1) is 7.80. The number of hydrogen-bond donors (Lipinski definition) is 0. The van der Waals surface area contributed by atoms with Crippen LogP contribution in [0.4, 0.5) is 0 Å². The lowest BCUT2D eigenvalue weighted by Crippen LogP contribution is -2.37. The van der Waals surface area contributed by atoms with Gasteiger partial charge in [0.05, 0.1) is 0 Å². The average molecular weight is 139 g/mol. The number of nitrogens with zero attached hydrogens (tertiary/aromatic N) is 1. The molecule has 1 aliphatic rings. The molecule has 1 rings (SSSR count). The standard InChI is InChI=1S/C9H17N/c1-4-10(5-2)9-6-8(3)7-9/h6,9H,4-5,7H2,1-3H3. The fourth-order valence-electron chi connectivity index (χ4n) is 1.55. The summed E-state index contributed by atoms with van der Waals surface area (Å²) in [6, 6.07) is 0.759. The first-order valence-corrected chi connectivity index (χ1v) is 4.19. The zero-order chi connectivity index (χ0) is 7.56. The van der Waals surface area contributed by atoms with Crippen LogP contribution in [0.15, 0.2) is 11.6 Å². The van der Waals surface area contributed by atoms with Crippen LogP contribution in [0.25, 0.3) is 0 Å². The van der Waals surface area contributed by atoms with Gasteiger partial charge in [0.2, 0.25) is 0 Å². The Bertz CT molecular complexity index is 134.